The average Bonchev–Trinajstić information content (AvgIpc) is 3.33. The number of hydrogen-bond acceptors (Lipinski definition) is 7. The van der Waals surface area contributed by atoms with Gasteiger partial charge in [0.05, 0.1) is 30.9 Å². The largest absolute Gasteiger partial charge is 0.507 e. The lowest BCUT2D eigenvalue weighted by Gasteiger charge is -2.30. The number of rotatable bonds is 6. The van der Waals surface area contributed by atoms with Crippen molar-refractivity contribution in [2.45, 2.75) is 13.0 Å². The molecule has 0 spiro atoms. The van der Waals surface area contributed by atoms with Gasteiger partial charge in [0.2, 0.25) is 0 Å². The van der Waals surface area contributed by atoms with Crippen LogP contribution < -0.4 is 4.74 Å². The lowest BCUT2D eigenvalue weighted by Crippen LogP contribution is -2.42. The maximum absolute atomic E-state index is 13.0. The van der Waals surface area contributed by atoms with Crippen LogP contribution in [0.1, 0.15) is 23.1 Å². The first kappa shape index (κ1) is 22.4. The van der Waals surface area contributed by atoms with Crippen LogP contribution in [-0.2, 0) is 14.3 Å². The van der Waals surface area contributed by atoms with Crippen molar-refractivity contribution < 1.29 is 28.6 Å². The number of methoxy groups -OCH3 is 1. The van der Waals surface area contributed by atoms with Crippen molar-refractivity contribution >= 4 is 29.1 Å². The van der Waals surface area contributed by atoms with E-state index in [1.165, 1.54) is 18.1 Å². The Labute approximate surface area is 190 Å². The zero-order valence-corrected chi connectivity index (χ0v) is 18.7. The standard InChI is InChI=1S/C23H25ClN2O6/c1-14-3-5-18(32-14)20-19(21(27)15-4-6-17(30-2)16(24)13-15)22(28)23(29)26(20)8-7-25-9-11-31-12-10-25/h3-6,13,20,27H,7-12H2,1-2H3/b21-19-. The number of carbonyl (C=O) groups is 2. The van der Waals surface area contributed by atoms with Gasteiger partial charge >= 0.3 is 0 Å². The average molecular weight is 461 g/mol. The molecule has 1 amide bonds. The number of aliphatic hydroxyl groups excluding tert-OH is 1. The Bertz CT molecular complexity index is 1060. The predicted molar refractivity (Wildman–Crippen MR) is 118 cm³/mol. The van der Waals surface area contributed by atoms with E-state index in [2.05, 4.69) is 4.90 Å². The van der Waals surface area contributed by atoms with Crippen molar-refractivity contribution in [2.75, 3.05) is 46.5 Å². The van der Waals surface area contributed by atoms with Crippen molar-refractivity contribution in [1.29, 1.82) is 0 Å². The molecule has 32 heavy (non-hydrogen) atoms. The number of Topliss-reactive ketones (excluding diaryl/α,β-unsaturated/α-hetero) is 1. The van der Waals surface area contributed by atoms with Crippen molar-refractivity contribution in [2.24, 2.45) is 0 Å². The van der Waals surface area contributed by atoms with Crippen molar-refractivity contribution in [3.63, 3.8) is 0 Å². The van der Waals surface area contributed by atoms with Crippen LogP contribution in [0.25, 0.3) is 5.76 Å². The zero-order chi connectivity index (χ0) is 22.8. The summed E-state index contributed by atoms with van der Waals surface area (Å²) in [5, 5.41) is 11.4. The Balaban J connectivity index is 1.72. The summed E-state index contributed by atoms with van der Waals surface area (Å²) < 4.78 is 16.3. The lowest BCUT2D eigenvalue weighted by atomic mass is 9.99. The highest BCUT2D eigenvalue weighted by atomic mass is 35.5. The molecular weight excluding hydrogens is 436 g/mol. The molecule has 2 aromatic rings. The van der Waals surface area contributed by atoms with Gasteiger partial charge in [-0.2, -0.15) is 0 Å². The van der Waals surface area contributed by atoms with E-state index in [-0.39, 0.29) is 16.4 Å². The zero-order valence-electron chi connectivity index (χ0n) is 18.0. The summed E-state index contributed by atoms with van der Waals surface area (Å²) in [5.41, 5.74) is 0.294. The SMILES string of the molecule is COc1ccc(/C(O)=C2/C(=O)C(=O)N(CCN3CCOCC3)C2c2ccc(C)o2)cc1Cl. The Morgan fingerprint density at radius 3 is 2.56 bits per heavy atom. The number of aryl methyl sites for hydroxylation is 1. The highest BCUT2D eigenvalue weighted by Gasteiger charge is 2.47. The second kappa shape index (κ2) is 9.36. The van der Waals surface area contributed by atoms with Crippen molar-refractivity contribution in [3.05, 3.63) is 58.0 Å². The molecular formula is C23H25ClN2O6. The molecule has 2 aliphatic rings. The molecule has 9 heteroatoms. The second-order valence-electron chi connectivity index (χ2n) is 7.74. The van der Waals surface area contributed by atoms with Gasteiger partial charge in [-0.05, 0) is 37.3 Å². The molecule has 8 nitrogen and oxygen atoms in total. The molecule has 0 aliphatic carbocycles. The number of ether oxygens (including phenoxy) is 2. The van der Waals surface area contributed by atoms with Crippen molar-refractivity contribution in [3.8, 4) is 5.75 Å². The Morgan fingerprint density at radius 1 is 1.19 bits per heavy atom. The monoisotopic (exact) mass is 460 g/mol. The van der Waals surface area contributed by atoms with E-state index in [1.807, 2.05) is 0 Å². The number of aliphatic hydroxyl groups is 1. The van der Waals surface area contributed by atoms with Crippen LogP contribution in [0.2, 0.25) is 5.02 Å². The molecule has 1 aromatic heterocycles. The van der Waals surface area contributed by atoms with Crippen LogP contribution in [0.4, 0.5) is 0 Å². The van der Waals surface area contributed by atoms with Gasteiger partial charge < -0.3 is 23.9 Å². The van der Waals surface area contributed by atoms with Crippen molar-refractivity contribution in [1.82, 2.24) is 9.80 Å². The minimum absolute atomic E-state index is 0.0208. The van der Waals surface area contributed by atoms with Crippen LogP contribution in [0.5, 0.6) is 5.75 Å². The Kier molecular flexibility index (Phi) is 6.55. The third-order valence-corrected chi connectivity index (χ3v) is 6.05. The number of morpholine rings is 1. The molecule has 2 aliphatic heterocycles. The van der Waals surface area contributed by atoms with Gasteiger partial charge in [0.1, 0.15) is 29.1 Å². The van der Waals surface area contributed by atoms with E-state index in [0.717, 1.165) is 13.1 Å². The molecule has 0 radical (unpaired) electrons. The molecule has 0 bridgehead atoms. The number of likely N-dealkylation sites (tertiary alicyclic amines) is 1. The first-order valence-electron chi connectivity index (χ1n) is 10.4. The number of amides is 1. The highest BCUT2D eigenvalue weighted by molar-refractivity contribution is 6.46. The quantitative estimate of drug-likeness (QED) is 0.402. The molecule has 1 aromatic carbocycles. The van der Waals surface area contributed by atoms with E-state index >= 15 is 0 Å². The van der Waals surface area contributed by atoms with E-state index in [1.54, 1.807) is 31.2 Å². The first-order chi connectivity index (χ1) is 15.4. The van der Waals surface area contributed by atoms with Gasteiger partial charge in [-0.3, -0.25) is 14.5 Å². The summed E-state index contributed by atoms with van der Waals surface area (Å²) in [5.74, 6) is -0.224. The fourth-order valence-electron chi connectivity index (χ4n) is 4.05. The number of carbonyl (C=O) groups excluding carboxylic acids is 2. The number of hydrogen-bond donors (Lipinski definition) is 1. The summed E-state index contributed by atoms with van der Waals surface area (Å²) in [6.07, 6.45) is 0. The minimum Gasteiger partial charge on any atom is -0.507 e. The van der Waals surface area contributed by atoms with Crippen LogP contribution in [0, 0.1) is 6.92 Å². The third-order valence-electron chi connectivity index (χ3n) is 5.76. The maximum Gasteiger partial charge on any atom is 0.295 e. The number of nitrogens with zero attached hydrogens (tertiary/aromatic N) is 2. The van der Waals surface area contributed by atoms with Crippen LogP contribution in [-0.4, -0.2) is 73.1 Å². The molecule has 170 valence electrons. The smallest absolute Gasteiger partial charge is 0.295 e. The second-order valence-corrected chi connectivity index (χ2v) is 8.15. The van der Waals surface area contributed by atoms with Gasteiger partial charge in [-0.25, -0.2) is 0 Å². The van der Waals surface area contributed by atoms with Gasteiger partial charge in [0.25, 0.3) is 11.7 Å². The Hall–Kier alpha value is -2.81. The predicted octanol–water partition coefficient (Wildman–Crippen LogP) is 3.00. The normalized spacial score (nSPS) is 21.3. The maximum atomic E-state index is 13.0. The van der Waals surface area contributed by atoms with Crippen LogP contribution >= 0.6 is 11.6 Å². The summed E-state index contributed by atoms with van der Waals surface area (Å²) >= 11 is 6.21. The number of halogens is 1. The minimum atomic E-state index is -0.828. The van der Waals surface area contributed by atoms with Crippen LogP contribution in [0.15, 0.2) is 40.3 Å². The molecule has 2 fully saturated rings. The topological polar surface area (TPSA) is 92.5 Å². The fourth-order valence-corrected chi connectivity index (χ4v) is 4.31. The number of furan rings is 1. The molecule has 3 heterocycles. The van der Waals surface area contributed by atoms with Gasteiger partial charge in [0.15, 0.2) is 0 Å². The van der Waals surface area contributed by atoms with E-state index in [9.17, 15) is 14.7 Å². The van der Waals surface area contributed by atoms with Crippen LogP contribution in [0.3, 0.4) is 0 Å². The van der Waals surface area contributed by atoms with E-state index in [0.29, 0.717) is 49.1 Å². The summed E-state index contributed by atoms with van der Waals surface area (Å²) in [4.78, 5) is 29.7. The number of ketones is 1. The highest BCUT2D eigenvalue weighted by Crippen LogP contribution is 2.40. The molecule has 1 N–H and O–H groups in total. The third kappa shape index (κ3) is 4.26. The first-order valence-corrected chi connectivity index (χ1v) is 10.8. The van der Waals surface area contributed by atoms with E-state index < -0.39 is 17.7 Å². The summed E-state index contributed by atoms with van der Waals surface area (Å²) in [6.45, 7) is 5.48. The molecule has 4 rings (SSSR count). The summed E-state index contributed by atoms with van der Waals surface area (Å²) in [6, 6.07) is 7.35. The lowest BCUT2D eigenvalue weighted by molar-refractivity contribution is -0.140. The van der Waals surface area contributed by atoms with Gasteiger partial charge in [0, 0.05) is 31.7 Å². The van der Waals surface area contributed by atoms with E-state index in [4.69, 9.17) is 25.5 Å². The number of benzene rings is 1. The molecule has 2 saturated heterocycles. The van der Waals surface area contributed by atoms with Gasteiger partial charge in [-0.1, -0.05) is 11.6 Å². The molecule has 1 atom stereocenters. The molecule has 0 saturated carbocycles. The fraction of sp³-hybridized carbons (Fsp3) is 0.391. The van der Waals surface area contributed by atoms with Gasteiger partial charge in [-0.15, -0.1) is 0 Å². The summed E-state index contributed by atoms with van der Waals surface area (Å²) in [7, 11) is 1.49. The molecule has 1 unspecified atom stereocenters. The Morgan fingerprint density at radius 2 is 1.94 bits per heavy atom.